The first-order valence-corrected chi connectivity index (χ1v) is 5.58. The second kappa shape index (κ2) is 4.62. The van der Waals surface area contributed by atoms with Gasteiger partial charge >= 0.3 is 0 Å². The highest BCUT2D eigenvalue weighted by Gasteiger charge is 2.08. The van der Waals surface area contributed by atoms with Crippen LogP contribution in [-0.2, 0) is 6.42 Å². The molecule has 0 spiro atoms. The van der Waals surface area contributed by atoms with E-state index in [9.17, 15) is 0 Å². The number of rotatable bonds is 2. The third kappa shape index (κ3) is 2.22. The van der Waals surface area contributed by atoms with Crippen molar-refractivity contribution in [1.82, 2.24) is 10.2 Å². The summed E-state index contributed by atoms with van der Waals surface area (Å²) in [4.78, 5) is 0. The van der Waals surface area contributed by atoms with E-state index in [4.69, 9.17) is 11.6 Å². The average Bonchev–Trinajstić information content (AvgIpc) is 2.31. The van der Waals surface area contributed by atoms with Crippen molar-refractivity contribution in [3.63, 3.8) is 0 Å². The Morgan fingerprint density at radius 2 is 1.69 bits per heavy atom. The molecule has 1 heterocycles. The van der Waals surface area contributed by atoms with Crippen LogP contribution in [0.4, 0.5) is 0 Å². The van der Waals surface area contributed by atoms with Gasteiger partial charge in [-0.25, -0.2) is 0 Å². The Kier molecular flexibility index (Phi) is 3.20. The fourth-order valence-corrected chi connectivity index (χ4v) is 1.76. The van der Waals surface area contributed by atoms with E-state index in [2.05, 4.69) is 22.3 Å². The molecule has 2 rings (SSSR count). The van der Waals surface area contributed by atoms with Crippen LogP contribution in [0.1, 0.15) is 22.4 Å². The number of aromatic nitrogens is 2. The number of halogens is 1. The van der Waals surface area contributed by atoms with Gasteiger partial charge in [-0.05, 0) is 30.5 Å². The summed E-state index contributed by atoms with van der Waals surface area (Å²) in [5.41, 5.74) is 4.38. The van der Waals surface area contributed by atoms with Crippen LogP contribution in [0.25, 0.3) is 0 Å². The summed E-state index contributed by atoms with van der Waals surface area (Å²) in [6.07, 6.45) is 0.803. The minimum Gasteiger partial charge on any atom is -0.154 e. The molecule has 1 aromatic heterocycles. The molecule has 0 amide bonds. The maximum Gasteiger partial charge on any atom is 0.154 e. The Balaban J connectivity index is 2.33. The smallest absolute Gasteiger partial charge is 0.154 e. The van der Waals surface area contributed by atoms with E-state index in [1.54, 1.807) is 0 Å². The molecule has 0 N–H and O–H groups in total. The van der Waals surface area contributed by atoms with Gasteiger partial charge in [0.25, 0.3) is 0 Å². The monoisotopic (exact) mass is 232 g/mol. The topological polar surface area (TPSA) is 25.8 Å². The van der Waals surface area contributed by atoms with Gasteiger partial charge in [0.1, 0.15) is 0 Å². The molecular weight excluding hydrogens is 220 g/mol. The van der Waals surface area contributed by atoms with Crippen molar-refractivity contribution in [1.29, 1.82) is 0 Å². The first-order valence-electron chi connectivity index (χ1n) is 5.20. The highest BCUT2D eigenvalue weighted by Crippen LogP contribution is 2.19. The zero-order chi connectivity index (χ0) is 11.5. The largest absolute Gasteiger partial charge is 0.154 e. The van der Waals surface area contributed by atoms with Crippen LogP contribution < -0.4 is 0 Å². The third-order valence-electron chi connectivity index (χ3n) is 2.78. The molecule has 0 radical (unpaired) electrons. The van der Waals surface area contributed by atoms with Crippen molar-refractivity contribution in [2.24, 2.45) is 0 Å². The van der Waals surface area contributed by atoms with Crippen LogP contribution in [0.2, 0.25) is 5.15 Å². The molecule has 16 heavy (non-hydrogen) atoms. The van der Waals surface area contributed by atoms with Crippen molar-refractivity contribution in [2.75, 3.05) is 0 Å². The van der Waals surface area contributed by atoms with Crippen molar-refractivity contribution in [2.45, 2.75) is 20.3 Å². The van der Waals surface area contributed by atoms with Crippen LogP contribution >= 0.6 is 11.6 Å². The highest BCUT2D eigenvalue weighted by atomic mass is 35.5. The lowest BCUT2D eigenvalue weighted by molar-refractivity contribution is 0.905. The molecule has 0 fully saturated rings. The van der Waals surface area contributed by atoms with Gasteiger partial charge < -0.3 is 0 Å². The van der Waals surface area contributed by atoms with Crippen LogP contribution in [-0.4, -0.2) is 10.2 Å². The van der Waals surface area contributed by atoms with Crippen molar-refractivity contribution in [3.8, 4) is 0 Å². The number of benzene rings is 1. The van der Waals surface area contributed by atoms with Crippen LogP contribution in [0.15, 0.2) is 30.3 Å². The Labute approximate surface area is 100 Å². The minimum atomic E-state index is 0.495. The van der Waals surface area contributed by atoms with Crippen molar-refractivity contribution >= 4 is 11.6 Å². The van der Waals surface area contributed by atoms with Gasteiger partial charge in [0.15, 0.2) is 5.15 Å². The summed E-state index contributed by atoms with van der Waals surface area (Å²) in [5.74, 6) is 0. The minimum absolute atomic E-state index is 0.495. The normalized spacial score (nSPS) is 10.4. The summed E-state index contributed by atoms with van der Waals surface area (Å²) in [7, 11) is 0. The van der Waals surface area contributed by atoms with E-state index < -0.39 is 0 Å². The average molecular weight is 233 g/mol. The molecule has 0 aliphatic carbocycles. The quantitative estimate of drug-likeness (QED) is 0.794. The summed E-state index contributed by atoms with van der Waals surface area (Å²) >= 11 is 5.92. The van der Waals surface area contributed by atoms with Crippen molar-refractivity contribution < 1.29 is 0 Å². The molecule has 2 nitrogen and oxygen atoms in total. The van der Waals surface area contributed by atoms with Crippen LogP contribution in [0.5, 0.6) is 0 Å². The van der Waals surface area contributed by atoms with Gasteiger partial charge in [0.05, 0.1) is 5.69 Å². The lowest BCUT2D eigenvalue weighted by atomic mass is 10.0. The standard InChI is InChI=1S/C13H13ClN2/c1-9-10(2)13(14)16-15-12(9)8-11-6-4-3-5-7-11/h3-7H,8H2,1-2H3. The van der Waals surface area contributed by atoms with Gasteiger partial charge in [-0.3, -0.25) is 0 Å². The predicted octanol–water partition coefficient (Wildman–Crippen LogP) is 3.34. The zero-order valence-electron chi connectivity index (χ0n) is 9.37. The lowest BCUT2D eigenvalue weighted by Gasteiger charge is -2.07. The lowest BCUT2D eigenvalue weighted by Crippen LogP contribution is -2.01. The van der Waals surface area contributed by atoms with Gasteiger partial charge in [-0.1, -0.05) is 41.9 Å². The van der Waals surface area contributed by atoms with Gasteiger partial charge in [0.2, 0.25) is 0 Å². The molecule has 0 aliphatic heterocycles. The predicted molar refractivity (Wildman–Crippen MR) is 65.8 cm³/mol. The Morgan fingerprint density at radius 1 is 1.00 bits per heavy atom. The maximum atomic E-state index is 5.92. The Morgan fingerprint density at radius 3 is 2.38 bits per heavy atom. The molecule has 0 aliphatic rings. The first kappa shape index (κ1) is 11.1. The molecule has 82 valence electrons. The fourth-order valence-electron chi connectivity index (χ4n) is 1.58. The second-order valence-corrected chi connectivity index (χ2v) is 4.21. The molecule has 3 heteroatoms. The van der Waals surface area contributed by atoms with Crippen LogP contribution in [0, 0.1) is 13.8 Å². The second-order valence-electron chi connectivity index (χ2n) is 3.85. The SMILES string of the molecule is Cc1c(Cl)nnc(Cc2ccccc2)c1C. The molecular formula is C13H13ClN2. The van der Waals surface area contributed by atoms with E-state index in [1.807, 2.05) is 32.0 Å². The summed E-state index contributed by atoms with van der Waals surface area (Å²) < 4.78 is 0. The van der Waals surface area contributed by atoms with Crippen molar-refractivity contribution in [3.05, 3.63) is 57.9 Å². The summed E-state index contributed by atoms with van der Waals surface area (Å²) in [5, 5.41) is 8.60. The fraction of sp³-hybridized carbons (Fsp3) is 0.231. The highest BCUT2D eigenvalue weighted by molar-refractivity contribution is 6.30. The van der Waals surface area contributed by atoms with E-state index in [0.29, 0.717) is 5.15 Å². The zero-order valence-corrected chi connectivity index (χ0v) is 10.1. The summed E-state index contributed by atoms with van der Waals surface area (Å²) in [6.45, 7) is 4.01. The Hall–Kier alpha value is -1.41. The maximum absolute atomic E-state index is 5.92. The van der Waals surface area contributed by atoms with Crippen LogP contribution in [0.3, 0.4) is 0 Å². The number of nitrogens with zero attached hydrogens (tertiary/aromatic N) is 2. The number of hydrogen-bond acceptors (Lipinski definition) is 2. The first-order chi connectivity index (χ1) is 7.68. The molecule has 0 bridgehead atoms. The van der Waals surface area contributed by atoms with E-state index in [-0.39, 0.29) is 0 Å². The Bertz CT molecular complexity index is 495. The van der Waals surface area contributed by atoms with E-state index >= 15 is 0 Å². The molecule has 0 atom stereocenters. The summed E-state index contributed by atoms with van der Waals surface area (Å²) in [6, 6.07) is 10.2. The van der Waals surface area contributed by atoms with Gasteiger partial charge in [-0.15, -0.1) is 5.10 Å². The van der Waals surface area contributed by atoms with E-state index in [1.165, 1.54) is 5.56 Å². The molecule has 1 aromatic carbocycles. The van der Waals surface area contributed by atoms with Gasteiger partial charge in [0, 0.05) is 6.42 Å². The van der Waals surface area contributed by atoms with E-state index in [0.717, 1.165) is 23.2 Å². The molecule has 2 aromatic rings. The van der Waals surface area contributed by atoms with Gasteiger partial charge in [-0.2, -0.15) is 5.10 Å². The third-order valence-corrected chi connectivity index (χ3v) is 3.14. The number of hydrogen-bond donors (Lipinski definition) is 0. The molecule has 0 saturated heterocycles. The molecule has 0 saturated carbocycles. The molecule has 0 unspecified atom stereocenters.